The third kappa shape index (κ3) is 4.91. The summed E-state index contributed by atoms with van der Waals surface area (Å²) in [4.78, 5) is 13.5. The normalized spacial score (nSPS) is 11.1. The van der Waals surface area contributed by atoms with Gasteiger partial charge < -0.3 is 4.74 Å². The second kappa shape index (κ2) is 7.60. The molecule has 0 radical (unpaired) electrons. The third-order valence-electron chi connectivity index (χ3n) is 2.77. The molecule has 0 saturated heterocycles. The standard InChI is InChI=1S/C14H19BrFNO2/c1-4-19-13(18)9-17(10(2)3)8-11-6-5-7-12(16)14(11)15/h5-7,10H,4,8-9H2,1-3H3. The van der Waals surface area contributed by atoms with Crippen LogP contribution in [0.3, 0.4) is 0 Å². The van der Waals surface area contributed by atoms with Crippen LogP contribution in [0.1, 0.15) is 26.3 Å². The molecule has 3 nitrogen and oxygen atoms in total. The van der Waals surface area contributed by atoms with Crippen molar-refractivity contribution in [2.45, 2.75) is 33.4 Å². The Morgan fingerprint density at radius 2 is 2.16 bits per heavy atom. The molecule has 0 bridgehead atoms. The minimum absolute atomic E-state index is 0.166. The van der Waals surface area contributed by atoms with E-state index < -0.39 is 0 Å². The Kier molecular flexibility index (Phi) is 6.45. The lowest BCUT2D eigenvalue weighted by Crippen LogP contribution is -2.36. The van der Waals surface area contributed by atoms with Gasteiger partial charge in [0.15, 0.2) is 0 Å². The molecule has 5 heteroatoms. The number of carbonyl (C=O) groups excluding carboxylic acids is 1. The van der Waals surface area contributed by atoms with E-state index in [0.717, 1.165) is 5.56 Å². The lowest BCUT2D eigenvalue weighted by atomic mass is 10.2. The highest BCUT2D eigenvalue weighted by molar-refractivity contribution is 9.10. The first-order valence-corrected chi connectivity index (χ1v) is 7.07. The van der Waals surface area contributed by atoms with E-state index in [1.165, 1.54) is 6.07 Å². The molecule has 0 saturated carbocycles. The highest BCUT2D eigenvalue weighted by atomic mass is 79.9. The number of carbonyl (C=O) groups is 1. The van der Waals surface area contributed by atoms with Crippen molar-refractivity contribution in [3.8, 4) is 0 Å². The average molecular weight is 332 g/mol. The van der Waals surface area contributed by atoms with Crippen LogP contribution in [0.15, 0.2) is 22.7 Å². The van der Waals surface area contributed by atoms with Crippen LogP contribution < -0.4 is 0 Å². The zero-order valence-corrected chi connectivity index (χ0v) is 13.0. The van der Waals surface area contributed by atoms with Crippen molar-refractivity contribution in [2.75, 3.05) is 13.2 Å². The van der Waals surface area contributed by atoms with Gasteiger partial charge in [0.25, 0.3) is 0 Å². The van der Waals surface area contributed by atoms with Gasteiger partial charge in [-0.3, -0.25) is 9.69 Å². The van der Waals surface area contributed by atoms with Gasteiger partial charge in [-0.15, -0.1) is 0 Å². The van der Waals surface area contributed by atoms with Crippen LogP contribution in [-0.4, -0.2) is 30.1 Å². The molecule has 0 atom stereocenters. The molecular formula is C14H19BrFNO2. The summed E-state index contributed by atoms with van der Waals surface area (Å²) >= 11 is 3.24. The highest BCUT2D eigenvalue weighted by Crippen LogP contribution is 2.22. The molecule has 0 aromatic heterocycles. The van der Waals surface area contributed by atoms with E-state index in [-0.39, 0.29) is 24.4 Å². The maximum Gasteiger partial charge on any atom is 0.320 e. The van der Waals surface area contributed by atoms with Gasteiger partial charge >= 0.3 is 5.97 Å². The predicted molar refractivity (Wildman–Crippen MR) is 76.3 cm³/mol. The summed E-state index contributed by atoms with van der Waals surface area (Å²) < 4.78 is 18.9. The Balaban J connectivity index is 2.78. The Bertz CT molecular complexity index is 437. The zero-order chi connectivity index (χ0) is 14.4. The minimum Gasteiger partial charge on any atom is -0.465 e. The molecule has 19 heavy (non-hydrogen) atoms. The molecule has 0 amide bonds. The lowest BCUT2D eigenvalue weighted by molar-refractivity contribution is -0.145. The van der Waals surface area contributed by atoms with Crippen molar-refractivity contribution in [3.05, 3.63) is 34.1 Å². The SMILES string of the molecule is CCOC(=O)CN(Cc1cccc(F)c1Br)C(C)C. The molecule has 106 valence electrons. The van der Waals surface area contributed by atoms with E-state index in [2.05, 4.69) is 15.9 Å². The molecule has 0 unspecified atom stereocenters. The van der Waals surface area contributed by atoms with Crippen LogP contribution in [0.25, 0.3) is 0 Å². The molecule has 1 aromatic rings. The van der Waals surface area contributed by atoms with E-state index in [9.17, 15) is 9.18 Å². The quantitative estimate of drug-likeness (QED) is 0.748. The highest BCUT2D eigenvalue weighted by Gasteiger charge is 2.17. The molecule has 0 heterocycles. The van der Waals surface area contributed by atoms with E-state index in [0.29, 0.717) is 17.6 Å². The van der Waals surface area contributed by atoms with Crippen molar-refractivity contribution in [1.29, 1.82) is 0 Å². The van der Waals surface area contributed by atoms with E-state index in [1.54, 1.807) is 13.0 Å². The number of benzene rings is 1. The number of rotatable bonds is 6. The topological polar surface area (TPSA) is 29.5 Å². The van der Waals surface area contributed by atoms with Crippen LogP contribution in [-0.2, 0) is 16.1 Å². The Morgan fingerprint density at radius 3 is 2.74 bits per heavy atom. The number of ether oxygens (including phenoxy) is 1. The number of hydrogen-bond donors (Lipinski definition) is 0. The summed E-state index contributed by atoms with van der Waals surface area (Å²) in [5.74, 6) is -0.555. The van der Waals surface area contributed by atoms with Crippen LogP contribution >= 0.6 is 15.9 Å². The molecule has 0 aliphatic rings. The van der Waals surface area contributed by atoms with Crippen molar-refractivity contribution >= 4 is 21.9 Å². The molecule has 0 N–H and O–H groups in total. The smallest absolute Gasteiger partial charge is 0.320 e. The Labute approximate surface area is 121 Å². The van der Waals surface area contributed by atoms with Gasteiger partial charge in [-0.25, -0.2) is 4.39 Å². The van der Waals surface area contributed by atoms with Crippen molar-refractivity contribution < 1.29 is 13.9 Å². The summed E-state index contributed by atoms with van der Waals surface area (Å²) in [6.45, 7) is 6.83. The van der Waals surface area contributed by atoms with Gasteiger partial charge in [-0.05, 0) is 48.3 Å². The maximum atomic E-state index is 13.5. The Morgan fingerprint density at radius 1 is 1.47 bits per heavy atom. The van der Waals surface area contributed by atoms with Gasteiger partial charge in [0, 0.05) is 12.6 Å². The zero-order valence-electron chi connectivity index (χ0n) is 11.5. The number of nitrogens with zero attached hydrogens (tertiary/aromatic N) is 1. The second-order valence-electron chi connectivity index (χ2n) is 4.52. The van der Waals surface area contributed by atoms with Crippen LogP contribution in [0.5, 0.6) is 0 Å². The van der Waals surface area contributed by atoms with Gasteiger partial charge in [-0.1, -0.05) is 12.1 Å². The molecule has 0 spiro atoms. The van der Waals surface area contributed by atoms with Crippen molar-refractivity contribution in [3.63, 3.8) is 0 Å². The Hall–Kier alpha value is -0.940. The molecule has 0 fully saturated rings. The lowest BCUT2D eigenvalue weighted by Gasteiger charge is -2.25. The summed E-state index contributed by atoms with van der Waals surface area (Å²) in [6.07, 6.45) is 0. The molecule has 0 aliphatic heterocycles. The van der Waals surface area contributed by atoms with Crippen LogP contribution in [0.4, 0.5) is 4.39 Å². The molecule has 0 aliphatic carbocycles. The van der Waals surface area contributed by atoms with Crippen molar-refractivity contribution in [1.82, 2.24) is 4.90 Å². The summed E-state index contributed by atoms with van der Waals surface area (Å²) in [5, 5.41) is 0. The number of hydrogen-bond acceptors (Lipinski definition) is 3. The minimum atomic E-state index is -0.294. The second-order valence-corrected chi connectivity index (χ2v) is 5.31. The molecule has 1 aromatic carbocycles. The first-order valence-electron chi connectivity index (χ1n) is 6.28. The van der Waals surface area contributed by atoms with Crippen LogP contribution in [0.2, 0.25) is 0 Å². The molecular weight excluding hydrogens is 313 g/mol. The fourth-order valence-electron chi connectivity index (χ4n) is 1.68. The average Bonchev–Trinajstić information content (AvgIpc) is 2.34. The van der Waals surface area contributed by atoms with Gasteiger partial charge in [0.2, 0.25) is 0 Å². The maximum absolute atomic E-state index is 13.5. The first kappa shape index (κ1) is 16.1. The fourth-order valence-corrected chi connectivity index (χ4v) is 2.07. The molecule has 1 rings (SSSR count). The summed E-state index contributed by atoms with van der Waals surface area (Å²) in [5.41, 5.74) is 0.818. The van der Waals surface area contributed by atoms with Crippen LogP contribution in [0, 0.1) is 5.82 Å². The van der Waals surface area contributed by atoms with Gasteiger partial charge in [-0.2, -0.15) is 0 Å². The third-order valence-corrected chi connectivity index (χ3v) is 3.66. The summed E-state index contributed by atoms with van der Waals surface area (Å²) in [6, 6.07) is 5.07. The van der Waals surface area contributed by atoms with E-state index in [1.807, 2.05) is 24.8 Å². The van der Waals surface area contributed by atoms with Gasteiger partial charge in [0.1, 0.15) is 5.82 Å². The number of esters is 1. The summed E-state index contributed by atoms with van der Waals surface area (Å²) in [7, 11) is 0. The van der Waals surface area contributed by atoms with Gasteiger partial charge in [0.05, 0.1) is 17.6 Å². The first-order chi connectivity index (χ1) is 8.95. The predicted octanol–water partition coefficient (Wildman–Crippen LogP) is 3.36. The monoisotopic (exact) mass is 331 g/mol. The van der Waals surface area contributed by atoms with Crippen molar-refractivity contribution in [2.24, 2.45) is 0 Å². The number of halogens is 2. The largest absolute Gasteiger partial charge is 0.465 e. The fraction of sp³-hybridized carbons (Fsp3) is 0.500. The van der Waals surface area contributed by atoms with E-state index in [4.69, 9.17) is 4.74 Å². The van der Waals surface area contributed by atoms with E-state index >= 15 is 0 Å².